The van der Waals surface area contributed by atoms with Crippen LogP contribution in [0.15, 0.2) is 48.7 Å². The summed E-state index contributed by atoms with van der Waals surface area (Å²) < 4.78 is 20.5. The average molecular weight is 624 g/mol. The Bertz CT molecular complexity index is 1630. The second-order valence-corrected chi connectivity index (χ2v) is 13.4. The van der Waals surface area contributed by atoms with Crippen molar-refractivity contribution in [3.05, 3.63) is 59.8 Å². The molecule has 1 aromatic heterocycles. The van der Waals surface area contributed by atoms with Gasteiger partial charge in [-0.25, -0.2) is 14.4 Å². The Balaban J connectivity index is 1.28. The quantitative estimate of drug-likeness (QED) is 0.228. The number of ether oxygens (including phenoxy) is 3. The summed E-state index contributed by atoms with van der Waals surface area (Å²) in [4.78, 5) is 58.3. The molecular weight excluding hydrogens is 584 g/mol. The Hall–Kier alpha value is -4.49. The van der Waals surface area contributed by atoms with Gasteiger partial charge >= 0.3 is 12.1 Å². The second kappa shape index (κ2) is 11.5. The van der Waals surface area contributed by atoms with Gasteiger partial charge in [0.1, 0.15) is 35.7 Å². The van der Waals surface area contributed by atoms with E-state index < -0.39 is 46.8 Å². The molecule has 0 aliphatic carbocycles. The maximum Gasteiger partial charge on any atom is 0.410 e. The van der Waals surface area contributed by atoms with Crippen molar-refractivity contribution < 1.29 is 48.0 Å². The molecule has 3 amide bonds. The largest absolute Gasteiger partial charge is 0.490 e. The molecule has 1 atom stereocenters. The monoisotopic (exact) mass is 623 g/mol. The van der Waals surface area contributed by atoms with Crippen LogP contribution in [-0.4, -0.2) is 86.2 Å². The third-order valence-electron chi connectivity index (χ3n) is 7.16. The molecule has 0 spiro atoms. The highest BCUT2D eigenvalue weighted by atomic mass is 16.7. The van der Waals surface area contributed by atoms with Crippen LogP contribution in [0.2, 0.25) is 0 Å². The lowest BCUT2D eigenvalue weighted by atomic mass is 9.95. The van der Waals surface area contributed by atoms with Gasteiger partial charge in [0.2, 0.25) is 11.6 Å². The molecular formula is C32H39N4O9+. The van der Waals surface area contributed by atoms with Crippen molar-refractivity contribution in [2.45, 2.75) is 71.0 Å². The number of carbonyl (C=O) groups excluding carboxylic acids is 4. The molecule has 0 saturated carbocycles. The average Bonchev–Trinajstić information content (AvgIpc) is 3.35. The number of imide groups is 1. The summed E-state index contributed by atoms with van der Waals surface area (Å²) in [5, 5.41) is 12.4. The Kier molecular flexibility index (Phi) is 8.13. The lowest BCUT2D eigenvalue weighted by Gasteiger charge is -2.45. The Labute approximate surface area is 260 Å². The van der Waals surface area contributed by atoms with E-state index in [0.717, 1.165) is 10.9 Å². The molecule has 1 saturated heterocycles. The Morgan fingerprint density at radius 3 is 2.13 bits per heavy atom. The van der Waals surface area contributed by atoms with Crippen molar-refractivity contribution in [2.75, 3.05) is 19.7 Å². The van der Waals surface area contributed by atoms with Crippen LogP contribution in [0.5, 0.6) is 5.75 Å². The van der Waals surface area contributed by atoms with Gasteiger partial charge in [0.05, 0.1) is 35.8 Å². The number of benzene rings is 2. The summed E-state index contributed by atoms with van der Waals surface area (Å²) in [5.74, 6) is -1.76. The van der Waals surface area contributed by atoms with Gasteiger partial charge in [-0.15, -0.1) is 9.75 Å². The smallest absolute Gasteiger partial charge is 0.410 e. The van der Waals surface area contributed by atoms with Gasteiger partial charge in [-0.1, -0.05) is 12.1 Å². The number of aliphatic hydroxyl groups is 1. The molecule has 1 N–H and O–H groups in total. The molecule has 13 nitrogen and oxygen atoms in total. The minimum Gasteiger partial charge on any atom is -0.490 e. The number of aryl methyl sites for hydroxylation is 1. The van der Waals surface area contributed by atoms with E-state index in [1.165, 1.54) is 17.0 Å². The number of hydrogen-bond acceptors (Lipinski definition) is 9. The fourth-order valence-electron chi connectivity index (χ4n) is 5.15. The lowest BCUT2D eigenvalue weighted by Crippen LogP contribution is -2.66. The first-order valence-corrected chi connectivity index (χ1v) is 14.6. The number of hydroxylamine groups is 2. The molecule has 0 bridgehead atoms. The van der Waals surface area contributed by atoms with Gasteiger partial charge in [-0.05, 0) is 65.8 Å². The first-order chi connectivity index (χ1) is 20.9. The highest BCUT2D eigenvalue weighted by molar-refractivity contribution is 6.20. The van der Waals surface area contributed by atoms with Gasteiger partial charge in [0.15, 0.2) is 7.05 Å². The van der Waals surface area contributed by atoms with Crippen LogP contribution < -0.4 is 9.42 Å². The highest BCUT2D eigenvalue weighted by Crippen LogP contribution is 2.27. The molecule has 240 valence electrons. The molecule has 45 heavy (non-hydrogen) atoms. The van der Waals surface area contributed by atoms with Crippen molar-refractivity contribution >= 4 is 34.8 Å². The standard InChI is InChI=1S/C32H39N4O9/c1-30(2,3)43-28(39)25(45-36-26(37)22-10-8-9-11-23(22)27(36)38)16-42-21-12-13-24-20(14-21)15-35(33(24)7)19-32(41)17-34(18-32)29(40)44-31(4,5)6/h8-15,25,41H,16-19H2,1-7H3/q+1/t25-/m0/s1. The summed E-state index contributed by atoms with van der Waals surface area (Å²) >= 11 is 0. The fraction of sp³-hybridized carbons (Fsp3) is 0.469. The van der Waals surface area contributed by atoms with Crippen molar-refractivity contribution in [3.63, 3.8) is 0 Å². The molecule has 0 unspecified atom stereocenters. The van der Waals surface area contributed by atoms with Crippen molar-refractivity contribution in [3.8, 4) is 5.75 Å². The van der Waals surface area contributed by atoms with E-state index in [1.807, 2.05) is 28.7 Å². The lowest BCUT2D eigenvalue weighted by molar-refractivity contribution is -0.732. The first-order valence-electron chi connectivity index (χ1n) is 14.6. The summed E-state index contributed by atoms with van der Waals surface area (Å²) in [6.07, 6.45) is -0.0481. The Morgan fingerprint density at radius 2 is 1.56 bits per heavy atom. The van der Waals surface area contributed by atoms with Crippen molar-refractivity contribution in [1.29, 1.82) is 0 Å². The van der Waals surface area contributed by atoms with Gasteiger partial charge in [0.25, 0.3) is 11.8 Å². The number of likely N-dealkylation sites (tertiary alicyclic amines) is 1. The van der Waals surface area contributed by atoms with E-state index >= 15 is 0 Å². The van der Waals surface area contributed by atoms with Crippen LogP contribution in [0.3, 0.4) is 0 Å². The van der Waals surface area contributed by atoms with Crippen LogP contribution in [0.25, 0.3) is 10.9 Å². The van der Waals surface area contributed by atoms with Crippen molar-refractivity contribution in [2.24, 2.45) is 7.05 Å². The number of esters is 1. The van der Waals surface area contributed by atoms with Crippen LogP contribution in [0.1, 0.15) is 62.3 Å². The summed E-state index contributed by atoms with van der Waals surface area (Å²) in [6.45, 7) is 10.6. The van der Waals surface area contributed by atoms with E-state index in [1.54, 1.807) is 65.8 Å². The topological polar surface area (TPSA) is 141 Å². The van der Waals surface area contributed by atoms with Gasteiger partial charge in [0, 0.05) is 6.07 Å². The number of nitrogens with zero attached hydrogens (tertiary/aromatic N) is 4. The second-order valence-electron chi connectivity index (χ2n) is 13.4. The summed E-state index contributed by atoms with van der Waals surface area (Å²) in [5.41, 5.74) is -1.39. The highest BCUT2D eigenvalue weighted by Gasteiger charge is 2.47. The third kappa shape index (κ3) is 6.94. The molecule has 3 aromatic rings. The van der Waals surface area contributed by atoms with E-state index in [-0.39, 0.29) is 37.4 Å². The molecule has 2 aliphatic heterocycles. The SMILES string of the molecule is C[n+]1c2ccc(OC[C@H](ON3C(=O)c4ccccc4C3=O)C(=O)OC(C)(C)C)cc2cn1CC1(O)CN(C(=O)OC(C)(C)C)C1. The molecule has 2 aliphatic rings. The van der Waals surface area contributed by atoms with Crippen LogP contribution >= 0.6 is 0 Å². The first kappa shape index (κ1) is 31.9. The maximum atomic E-state index is 13.1. The summed E-state index contributed by atoms with van der Waals surface area (Å²) in [6, 6.07) is 11.6. The number of aromatic nitrogens is 2. The van der Waals surface area contributed by atoms with Crippen LogP contribution in [0, 0.1) is 0 Å². The predicted octanol–water partition coefficient (Wildman–Crippen LogP) is 2.76. The number of amides is 3. The molecule has 1 fully saturated rings. The number of rotatable bonds is 8. The predicted molar refractivity (Wildman–Crippen MR) is 159 cm³/mol. The fourth-order valence-corrected chi connectivity index (χ4v) is 5.15. The van der Waals surface area contributed by atoms with E-state index in [0.29, 0.717) is 10.8 Å². The zero-order chi connectivity index (χ0) is 32.9. The van der Waals surface area contributed by atoms with Crippen molar-refractivity contribution in [1.82, 2.24) is 14.6 Å². The maximum absolute atomic E-state index is 13.1. The van der Waals surface area contributed by atoms with Crippen LogP contribution in [-0.2, 0) is 32.7 Å². The molecule has 2 aromatic carbocycles. The van der Waals surface area contributed by atoms with Gasteiger partial charge in [-0.2, -0.15) is 4.68 Å². The minimum atomic E-state index is -1.43. The normalized spacial score (nSPS) is 16.8. The third-order valence-corrected chi connectivity index (χ3v) is 7.16. The number of hydrogen-bond donors (Lipinski definition) is 1. The van der Waals surface area contributed by atoms with E-state index in [9.17, 15) is 24.3 Å². The van der Waals surface area contributed by atoms with Gasteiger partial charge < -0.3 is 24.2 Å². The molecule has 0 radical (unpaired) electrons. The number of fused-ring (bicyclic) bond motifs is 2. The zero-order valence-electron chi connectivity index (χ0n) is 26.5. The molecule has 13 heteroatoms. The summed E-state index contributed by atoms with van der Waals surface area (Å²) in [7, 11) is 1.85. The number of carbonyl (C=O) groups is 4. The molecule has 5 rings (SSSR count). The Morgan fingerprint density at radius 1 is 0.956 bits per heavy atom. The van der Waals surface area contributed by atoms with E-state index in [2.05, 4.69) is 0 Å². The van der Waals surface area contributed by atoms with Gasteiger partial charge in [-0.3, -0.25) is 9.59 Å². The van der Waals surface area contributed by atoms with E-state index in [4.69, 9.17) is 19.0 Å². The zero-order valence-corrected chi connectivity index (χ0v) is 26.5. The number of β-amino-alcohol motifs (C(OH)–C–C–N with tert-alkyl or cyclic N) is 1. The molecule has 3 heterocycles. The minimum absolute atomic E-state index is 0.143. The van der Waals surface area contributed by atoms with Crippen LogP contribution in [0.4, 0.5) is 4.79 Å².